The van der Waals surface area contributed by atoms with E-state index < -0.39 is 6.10 Å². The molecule has 1 saturated heterocycles. The molecule has 0 saturated carbocycles. The summed E-state index contributed by atoms with van der Waals surface area (Å²) < 4.78 is 10.9. The van der Waals surface area contributed by atoms with E-state index in [0.717, 1.165) is 19.4 Å². The second-order valence-electron chi connectivity index (χ2n) is 5.22. The zero-order valence-corrected chi connectivity index (χ0v) is 11.3. The fraction of sp³-hybridized carbons (Fsp3) is 0.467. The molecule has 106 valence electrons. The van der Waals surface area contributed by atoms with Crippen LogP contribution in [-0.4, -0.2) is 30.5 Å². The van der Waals surface area contributed by atoms with Crippen molar-refractivity contribution in [3.8, 4) is 5.75 Å². The van der Waals surface area contributed by atoms with Crippen molar-refractivity contribution in [1.29, 1.82) is 0 Å². The highest BCUT2D eigenvalue weighted by Crippen LogP contribution is 2.31. The molecule has 1 amide bonds. The number of hydrogen-bond acceptors (Lipinski definition) is 4. The van der Waals surface area contributed by atoms with Crippen LogP contribution in [0.1, 0.15) is 36.5 Å². The monoisotopic (exact) mass is 275 g/mol. The Labute approximate surface area is 117 Å². The van der Waals surface area contributed by atoms with Crippen molar-refractivity contribution in [3.05, 3.63) is 23.8 Å². The van der Waals surface area contributed by atoms with E-state index in [2.05, 4.69) is 5.32 Å². The second kappa shape index (κ2) is 5.25. The lowest BCUT2D eigenvalue weighted by Crippen LogP contribution is -2.34. The number of ether oxygens (including phenoxy) is 2. The molecular formula is C15H17NO4. The summed E-state index contributed by atoms with van der Waals surface area (Å²) in [5.74, 6) is 0.444. The first-order valence-corrected chi connectivity index (χ1v) is 6.90. The Hall–Kier alpha value is -1.88. The summed E-state index contributed by atoms with van der Waals surface area (Å²) in [4.78, 5) is 23.8. The normalized spacial score (nSPS) is 24.8. The largest absolute Gasteiger partial charge is 0.479 e. The van der Waals surface area contributed by atoms with Crippen LogP contribution >= 0.6 is 0 Å². The van der Waals surface area contributed by atoms with Crippen LogP contribution in [0.15, 0.2) is 18.2 Å². The number of fused-ring (bicyclic) bond motifs is 1. The van der Waals surface area contributed by atoms with Gasteiger partial charge >= 0.3 is 0 Å². The van der Waals surface area contributed by atoms with E-state index in [1.807, 2.05) is 0 Å². The number of carbonyl (C=O) groups excluding carboxylic acids is 2. The molecule has 0 aliphatic carbocycles. The van der Waals surface area contributed by atoms with Crippen molar-refractivity contribution in [2.45, 2.75) is 38.4 Å². The number of ketones is 1. The number of amides is 1. The van der Waals surface area contributed by atoms with Gasteiger partial charge in [0, 0.05) is 18.6 Å². The number of benzene rings is 1. The Morgan fingerprint density at radius 3 is 3.05 bits per heavy atom. The third-order valence-corrected chi connectivity index (χ3v) is 3.67. The smallest absolute Gasteiger partial charge is 0.265 e. The average molecular weight is 275 g/mol. The molecule has 2 unspecified atom stereocenters. The molecule has 1 N–H and O–H groups in total. The number of anilines is 1. The maximum Gasteiger partial charge on any atom is 0.265 e. The van der Waals surface area contributed by atoms with Crippen LogP contribution in [0.2, 0.25) is 0 Å². The van der Waals surface area contributed by atoms with Crippen LogP contribution in [-0.2, 0) is 9.53 Å². The topological polar surface area (TPSA) is 64.6 Å². The molecule has 5 heteroatoms. The highest BCUT2D eigenvalue weighted by Gasteiger charge is 2.25. The van der Waals surface area contributed by atoms with Crippen molar-refractivity contribution in [3.63, 3.8) is 0 Å². The summed E-state index contributed by atoms with van der Waals surface area (Å²) in [7, 11) is 0. The first kappa shape index (κ1) is 13.1. The van der Waals surface area contributed by atoms with Gasteiger partial charge in [-0.3, -0.25) is 9.59 Å². The first-order chi connectivity index (χ1) is 9.63. The molecule has 3 rings (SSSR count). The van der Waals surface area contributed by atoms with Crippen molar-refractivity contribution in [1.82, 2.24) is 0 Å². The van der Waals surface area contributed by atoms with Crippen LogP contribution in [0, 0.1) is 0 Å². The molecule has 0 bridgehead atoms. The fourth-order valence-corrected chi connectivity index (χ4v) is 2.51. The van der Waals surface area contributed by atoms with E-state index in [4.69, 9.17) is 9.47 Å². The zero-order chi connectivity index (χ0) is 14.1. The average Bonchev–Trinajstić information content (AvgIpc) is 2.92. The van der Waals surface area contributed by atoms with E-state index in [-0.39, 0.29) is 17.8 Å². The van der Waals surface area contributed by atoms with Gasteiger partial charge in [-0.2, -0.15) is 0 Å². The molecule has 0 spiro atoms. The van der Waals surface area contributed by atoms with E-state index in [1.165, 1.54) is 0 Å². The van der Waals surface area contributed by atoms with Crippen molar-refractivity contribution < 1.29 is 19.1 Å². The summed E-state index contributed by atoms with van der Waals surface area (Å²) in [5.41, 5.74) is 1.14. The minimum absolute atomic E-state index is 0.0318. The molecule has 2 aliphatic heterocycles. The molecule has 0 aromatic heterocycles. The number of hydrogen-bond donors (Lipinski definition) is 1. The summed E-state index contributed by atoms with van der Waals surface area (Å²) in [6.07, 6.45) is 1.88. The van der Waals surface area contributed by atoms with Crippen molar-refractivity contribution in [2.24, 2.45) is 0 Å². The lowest BCUT2D eigenvalue weighted by atomic mass is 10.0. The van der Waals surface area contributed by atoms with Crippen LogP contribution in [0.3, 0.4) is 0 Å². The molecule has 1 aromatic carbocycles. The Morgan fingerprint density at radius 2 is 2.30 bits per heavy atom. The minimum Gasteiger partial charge on any atom is -0.479 e. The predicted octanol–water partition coefficient (Wildman–Crippen LogP) is 2.16. The number of Topliss-reactive ketones (excluding diaryl/α,β-unsaturated/α-hetero) is 1. The lowest BCUT2D eigenvalue weighted by molar-refractivity contribution is -0.122. The van der Waals surface area contributed by atoms with E-state index in [1.54, 1.807) is 25.1 Å². The van der Waals surface area contributed by atoms with Gasteiger partial charge < -0.3 is 14.8 Å². The molecule has 2 heterocycles. The Balaban J connectivity index is 1.76. The summed E-state index contributed by atoms with van der Waals surface area (Å²) in [5, 5.41) is 2.75. The van der Waals surface area contributed by atoms with Gasteiger partial charge in [-0.1, -0.05) is 0 Å². The van der Waals surface area contributed by atoms with Gasteiger partial charge in [0.1, 0.15) is 5.75 Å². The van der Waals surface area contributed by atoms with Crippen LogP contribution in [0.25, 0.3) is 0 Å². The third kappa shape index (κ3) is 2.54. The number of rotatable bonds is 3. The van der Waals surface area contributed by atoms with Crippen molar-refractivity contribution in [2.75, 3.05) is 11.9 Å². The predicted molar refractivity (Wildman–Crippen MR) is 73.1 cm³/mol. The molecule has 5 nitrogen and oxygen atoms in total. The molecule has 1 aromatic rings. The highest BCUT2D eigenvalue weighted by atomic mass is 16.5. The van der Waals surface area contributed by atoms with Gasteiger partial charge in [0.2, 0.25) is 0 Å². The van der Waals surface area contributed by atoms with Crippen LogP contribution < -0.4 is 10.1 Å². The maximum absolute atomic E-state index is 12.2. The Kier molecular flexibility index (Phi) is 3.44. The van der Waals surface area contributed by atoms with E-state index in [9.17, 15) is 9.59 Å². The van der Waals surface area contributed by atoms with Gasteiger partial charge in [0.05, 0.1) is 11.8 Å². The maximum atomic E-state index is 12.2. The quantitative estimate of drug-likeness (QED) is 0.858. The molecule has 20 heavy (non-hydrogen) atoms. The number of nitrogens with one attached hydrogen (secondary N) is 1. The second-order valence-corrected chi connectivity index (χ2v) is 5.22. The van der Waals surface area contributed by atoms with Gasteiger partial charge in [-0.15, -0.1) is 0 Å². The Morgan fingerprint density at radius 1 is 1.45 bits per heavy atom. The van der Waals surface area contributed by atoms with Gasteiger partial charge in [-0.05, 0) is 38.0 Å². The number of carbonyl (C=O) groups is 2. The van der Waals surface area contributed by atoms with Gasteiger partial charge in [-0.25, -0.2) is 0 Å². The van der Waals surface area contributed by atoms with Crippen molar-refractivity contribution >= 4 is 17.4 Å². The molecule has 2 aliphatic rings. The first-order valence-electron chi connectivity index (χ1n) is 6.90. The SMILES string of the molecule is CC1Oc2ccc(C(=O)CC3CCCO3)cc2NC1=O. The third-order valence-electron chi connectivity index (χ3n) is 3.67. The molecule has 0 radical (unpaired) electrons. The highest BCUT2D eigenvalue weighted by molar-refractivity contribution is 6.01. The summed E-state index contributed by atoms with van der Waals surface area (Å²) in [6, 6.07) is 5.14. The van der Waals surface area contributed by atoms with Gasteiger partial charge in [0.15, 0.2) is 11.9 Å². The Bertz CT molecular complexity index is 549. The molecule has 1 fully saturated rings. The van der Waals surface area contributed by atoms with Gasteiger partial charge in [0.25, 0.3) is 5.91 Å². The minimum atomic E-state index is -0.504. The standard InChI is InChI=1S/C15H17NO4/c1-9-15(18)16-12-7-10(4-5-14(12)20-9)13(17)8-11-3-2-6-19-11/h4-5,7,9,11H,2-3,6,8H2,1H3,(H,16,18). The van der Waals surface area contributed by atoms with E-state index in [0.29, 0.717) is 23.4 Å². The lowest BCUT2D eigenvalue weighted by Gasteiger charge is -2.23. The zero-order valence-electron chi connectivity index (χ0n) is 11.3. The van der Waals surface area contributed by atoms with E-state index >= 15 is 0 Å². The molecular weight excluding hydrogens is 258 g/mol. The van der Waals surface area contributed by atoms with Crippen LogP contribution in [0.4, 0.5) is 5.69 Å². The fourth-order valence-electron chi connectivity index (χ4n) is 2.51. The summed E-state index contributed by atoms with van der Waals surface area (Å²) in [6.45, 7) is 2.43. The van der Waals surface area contributed by atoms with Crippen LogP contribution in [0.5, 0.6) is 5.75 Å². The summed E-state index contributed by atoms with van der Waals surface area (Å²) >= 11 is 0. The molecule has 2 atom stereocenters.